The molecule has 1 rings (SSSR count). The van der Waals surface area contributed by atoms with E-state index in [-0.39, 0.29) is 0 Å². The normalized spacial score (nSPS) is 12.5. The van der Waals surface area contributed by atoms with Crippen LogP contribution in [0.4, 0.5) is 5.13 Å². The summed E-state index contributed by atoms with van der Waals surface area (Å²) in [6.45, 7) is 4.18. The molecule has 15 heavy (non-hydrogen) atoms. The van der Waals surface area contributed by atoms with Crippen LogP contribution >= 0.6 is 11.3 Å². The predicted octanol–water partition coefficient (Wildman–Crippen LogP) is 2.42. The molecule has 1 aromatic heterocycles. The minimum Gasteiger partial charge on any atom is -0.464 e. The second-order valence-corrected chi connectivity index (χ2v) is 4.51. The SMILES string of the molecule is CCCC(C)c1sc(N)nc1C(=O)OC. The van der Waals surface area contributed by atoms with Gasteiger partial charge in [0.2, 0.25) is 0 Å². The third-order valence-electron chi connectivity index (χ3n) is 2.22. The maximum absolute atomic E-state index is 11.4. The number of hydrogen-bond donors (Lipinski definition) is 1. The molecule has 1 aromatic rings. The van der Waals surface area contributed by atoms with Crippen LogP contribution in [0.3, 0.4) is 0 Å². The van der Waals surface area contributed by atoms with Crippen molar-refractivity contribution in [1.82, 2.24) is 4.98 Å². The number of esters is 1. The van der Waals surface area contributed by atoms with Gasteiger partial charge in [-0.15, -0.1) is 11.3 Å². The molecule has 0 spiro atoms. The quantitative estimate of drug-likeness (QED) is 0.804. The summed E-state index contributed by atoms with van der Waals surface area (Å²) in [4.78, 5) is 16.4. The topological polar surface area (TPSA) is 65.2 Å². The van der Waals surface area contributed by atoms with Crippen molar-refractivity contribution >= 4 is 22.4 Å². The smallest absolute Gasteiger partial charge is 0.357 e. The highest BCUT2D eigenvalue weighted by molar-refractivity contribution is 7.15. The molecule has 4 nitrogen and oxygen atoms in total. The summed E-state index contributed by atoms with van der Waals surface area (Å²) in [7, 11) is 1.35. The van der Waals surface area contributed by atoms with Gasteiger partial charge >= 0.3 is 5.97 Å². The first-order valence-electron chi connectivity index (χ1n) is 4.94. The van der Waals surface area contributed by atoms with Gasteiger partial charge < -0.3 is 10.5 Å². The molecule has 0 aromatic carbocycles. The van der Waals surface area contributed by atoms with Crippen molar-refractivity contribution in [2.75, 3.05) is 12.8 Å². The van der Waals surface area contributed by atoms with Crippen molar-refractivity contribution in [2.45, 2.75) is 32.6 Å². The number of anilines is 1. The van der Waals surface area contributed by atoms with Gasteiger partial charge in [-0.3, -0.25) is 0 Å². The molecule has 0 amide bonds. The zero-order valence-corrected chi connectivity index (χ0v) is 10.1. The lowest BCUT2D eigenvalue weighted by atomic mass is 10.0. The molecule has 0 saturated heterocycles. The van der Waals surface area contributed by atoms with Crippen LogP contribution in [-0.2, 0) is 4.74 Å². The highest BCUT2D eigenvalue weighted by Gasteiger charge is 2.21. The number of ether oxygens (including phenoxy) is 1. The van der Waals surface area contributed by atoms with Crippen LogP contribution < -0.4 is 5.73 Å². The Morgan fingerprint density at radius 3 is 2.87 bits per heavy atom. The standard InChI is InChI=1S/C10H16N2O2S/c1-4-5-6(2)8-7(9(13)14-3)12-10(11)15-8/h6H,4-5H2,1-3H3,(H2,11,12). The Hall–Kier alpha value is -1.10. The highest BCUT2D eigenvalue weighted by atomic mass is 32.1. The van der Waals surface area contributed by atoms with Crippen LogP contribution in [-0.4, -0.2) is 18.1 Å². The average Bonchev–Trinajstić information content (AvgIpc) is 2.59. The first-order chi connectivity index (χ1) is 7.10. The molecule has 0 aliphatic heterocycles. The predicted molar refractivity (Wildman–Crippen MR) is 61.2 cm³/mol. The molecular weight excluding hydrogens is 212 g/mol. The summed E-state index contributed by atoms with van der Waals surface area (Å²) in [6, 6.07) is 0. The van der Waals surface area contributed by atoms with Gasteiger partial charge in [0.1, 0.15) is 0 Å². The molecule has 0 radical (unpaired) electrons. The van der Waals surface area contributed by atoms with Gasteiger partial charge in [-0.05, 0) is 12.3 Å². The Morgan fingerprint density at radius 2 is 2.33 bits per heavy atom. The number of rotatable bonds is 4. The second kappa shape index (κ2) is 5.11. The van der Waals surface area contributed by atoms with E-state index in [1.54, 1.807) is 0 Å². The average molecular weight is 228 g/mol. The van der Waals surface area contributed by atoms with Crippen LogP contribution in [0.15, 0.2) is 0 Å². The zero-order chi connectivity index (χ0) is 11.4. The van der Waals surface area contributed by atoms with Crippen molar-refractivity contribution in [3.8, 4) is 0 Å². The van der Waals surface area contributed by atoms with Crippen LogP contribution in [0.1, 0.15) is 48.0 Å². The van der Waals surface area contributed by atoms with Crippen LogP contribution in [0, 0.1) is 0 Å². The summed E-state index contributed by atoms with van der Waals surface area (Å²) in [5.74, 6) is -0.0974. The summed E-state index contributed by atoms with van der Waals surface area (Å²) in [5.41, 5.74) is 5.98. The van der Waals surface area contributed by atoms with E-state index < -0.39 is 5.97 Å². The minimum absolute atomic E-state index is 0.305. The maximum Gasteiger partial charge on any atom is 0.357 e. The third kappa shape index (κ3) is 2.68. The molecule has 0 aliphatic carbocycles. The fourth-order valence-corrected chi connectivity index (χ4v) is 2.40. The van der Waals surface area contributed by atoms with E-state index in [2.05, 4.69) is 23.6 Å². The molecular formula is C10H16N2O2S. The summed E-state index contributed by atoms with van der Waals surface area (Å²) >= 11 is 1.37. The van der Waals surface area contributed by atoms with E-state index in [9.17, 15) is 4.79 Å². The number of nitrogen functional groups attached to an aromatic ring is 1. The van der Waals surface area contributed by atoms with Crippen LogP contribution in [0.5, 0.6) is 0 Å². The molecule has 5 heteroatoms. The van der Waals surface area contributed by atoms with Gasteiger partial charge in [-0.1, -0.05) is 20.3 Å². The van der Waals surface area contributed by atoms with Gasteiger partial charge in [-0.2, -0.15) is 0 Å². The minimum atomic E-state index is -0.402. The van der Waals surface area contributed by atoms with E-state index in [1.807, 2.05) is 0 Å². The molecule has 0 fully saturated rings. The summed E-state index contributed by atoms with van der Waals surface area (Å²) < 4.78 is 4.67. The largest absolute Gasteiger partial charge is 0.464 e. The van der Waals surface area contributed by atoms with Gasteiger partial charge in [0.05, 0.1) is 7.11 Å². The zero-order valence-electron chi connectivity index (χ0n) is 9.24. The van der Waals surface area contributed by atoms with Gasteiger partial charge in [0, 0.05) is 4.88 Å². The molecule has 1 unspecified atom stereocenters. The number of nitrogens with two attached hydrogens (primary N) is 1. The third-order valence-corrected chi connectivity index (χ3v) is 3.33. The fourth-order valence-electron chi connectivity index (χ4n) is 1.49. The Morgan fingerprint density at radius 1 is 1.67 bits per heavy atom. The van der Waals surface area contributed by atoms with Crippen molar-refractivity contribution in [2.24, 2.45) is 0 Å². The number of carbonyl (C=O) groups is 1. The monoisotopic (exact) mass is 228 g/mol. The van der Waals surface area contributed by atoms with E-state index in [4.69, 9.17) is 5.73 Å². The van der Waals surface area contributed by atoms with E-state index in [1.165, 1.54) is 18.4 Å². The molecule has 1 heterocycles. The number of thiazole rings is 1. The first kappa shape index (κ1) is 12.0. The Kier molecular flexibility index (Phi) is 4.08. The highest BCUT2D eigenvalue weighted by Crippen LogP contribution is 2.31. The number of hydrogen-bond acceptors (Lipinski definition) is 5. The summed E-state index contributed by atoms with van der Waals surface area (Å²) in [5, 5.41) is 0.424. The lowest BCUT2D eigenvalue weighted by Crippen LogP contribution is -2.06. The second-order valence-electron chi connectivity index (χ2n) is 3.45. The molecule has 1 atom stereocenters. The Balaban J connectivity index is 3.00. The Bertz CT molecular complexity index is 349. The number of methoxy groups -OCH3 is 1. The lowest BCUT2D eigenvalue weighted by molar-refractivity contribution is 0.0593. The molecule has 0 aliphatic rings. The van der Waals surface area contributed by atoms with Crippen molar-refractivity contribution in [3.05, 3.63) is 10.6 Å². The first-order valence-corrected chi connectivity index (χ1v) is 5.76. The van der Waals surface area contributed by atoms with Crippen LogP contribution in [0.2, 0.25) is 0 Å². The molecule has 0 saturated carbocycles. The maximum atomic E-state index is 11.4. The lowest BCUT2D eigenvalue weighted by Gasteiger charge is -2.08. The van der Waals surface area contributed by atoms with Gasteiger partial charge in [-0.25, -0.2) is 9.78 Å². The molecule has 84 valence electrons. The molecule has 0 bridgehead atoms. The van der Waals surface area contributed by atoms with E-state index >= 15 is 0 Å². The van der Waals surface area contributed by atoms with Crippen molar-refractivity contribution < 1.29 is 9.53 Å². The number of aromatic nitrogens is 1. The fraction of sp³-hybridized carbons (Fsp3) is 0.600. The van der Waals surface area contributed by atoms with E-state index in [0.29, 0.717) is 16.7 Å². The summed E-state index contributed by atoms with van der Waals surface area (Å²) in [6.07, 6.45) is 2.09. The van der Waals surface area contributed by atoms with Gasteiger partial charge in [0.25, 0.3) is 0 Å². The molecule has 2 N–H and O–H groups in total. The van der Waals surface area contributed by atoms with Gasteiger partial charge in [0.15, 0.2) is 10.8 Å². The van der Waals surface area contributed by atoms with Crippen molar-refractivity contribution in [1.29, 1.82) is 0 Å². The number of carbonyl (C=O) groups excluding carboxylic acids is 1. The van der Waals surface area contributed by atoms with E-state index in [0.717, 1.165) is 17.7 Å². The number of nitrogens with zero attached hydrogens (tertiary/aromatic N) is 1. The van der Waals surface area contributed by atoms with Crippen LogP contribution in [0.25, 0.3) is 0 Å². The Labute approximate surface area is 93.5 Å². The van der Waals surface area contributed by atoms with Crippen molar-refractivity contribution in [3.63, 3.8) is 0 Å².